The van der Waals surface area contributed by atoms with Gasteiger partial charge in [-0.15, -0.1) is 11.3 Å². The van der Waals surface area contributed by atoms with Crippen molar-refractivity contribution in [2.45, 2.75) is 32.4 Å². The fraction of sp³-hybridized carbons (Fsp3) is 0.533. The van der Waals surface area contributed by atoms with E-state index in [1.54, 1.807) is 11.3 Å². The molecule has 0 amide bonds. The fourth-order valence-corrected chi connectivity index (χ4v) is 3.30. The van der Waals surface area contributed by atoms with Gasteiger partial charge in [-0.2, -0.15) is 0 Å². The van der Waals surface area contributed by atoms with Crippen LogP contribution in [-0.2, 0) is 6.54 Å². The highest BCUT2D eigenvalue weighted by molar-refractivity contribution is 7.13. The molecule has 1 aliphatic rings. The molecule has 2 N–H and O–H groups in total. The molecule has 3 rings (SSSR count). The number of aryl methyl sites for hydroxylation is 1. The Bertz CT molecular complexity index is 560. The molecule has 108 valence electrons. The number of rotatable bonds is 6. The van der Waals surface area contributed by atoms with Crippen LogP contribution in [0, 0.1) is 12.8 Å². The maximum Gasteiger partial charge on any atom is 0.236 e. The molecule has 1 saturated carbocycles. The van der Waals surface area contributed by atoms with Crippen LogP contribution in [-0.4, -0.2) is 29.5 Å². The predicted molar refractivity (Wildman–Crippen MR) is 81.6 cm³/mol. The van der Waals surface area contributed by atoms with Gasteiger partial charge in [-0.1, -0.05) is 6.07 Å². The van der Waals surface area contributed by atoms with E-state index in [1.165, 1.54) is 12.8 Å². The van der Waals surface area contributed by atoms with Gasteiger partial charge in [-0.25, -0.2) is 4.98 Å². The second-order valence-corrected chi connectivity index (χ2v) is 6.50. The summed E-state index contributed by atoms with van der Waals surface area (Å²) in [7, 11) is 2.13. The van der Waals surface area contributed by atoms with Crippen molar-refractivity contribution < 1.29 is 4.42 Å². The highest BCUT2D eigenvalue weighted by Gasteiger charge is 2.33. The Kier molecular flexibility index (Phi) is 3.92. The summed E-state index contributed by atoms with van der Waals surface area (Å²) < 4.78 is 5.79. The van der Waals surface area contributed by atoms with Gasteiger partial charge in [-0.3, -0.25) is 4.90 Å². The van der Waals surface area contributed by atoms with E-state index in [-0.39, 0.29) is 0 Å². The van der Waals surface area contributed by atoms with Crippen LogP contribution in [0.5, 0.6) is 0 Å². The molecule has 0 aliphatic heterocycles. The Morgan fingerprint density at radius 3 is 2.95 bits per heavy atom. The van der Waals surface area contributed by atoms with Gasteiger partial charge in [0.05, 0.1) is 10.6 Å². The SMILES string of the molecule is Cc1oc(-c2cccs2)nc1CN(C)C(CN)C1CC1. The number of likely N-dealkylation sites (N-methyl/N-ethyl adjacent to an activating group) is 1. The smallest absolute Gasteiger partial charge is 0.236 e. The van der Waals surface area contributed by atoms with Crippen molar-refractivity contribution >= 4 is 11.3 Å². The first-order chi connectivity index (χ1) is 9.69. The van der Waals surface area contributed by atoms with E-state index in [0.717, 1.165) is 41.2 Å². The highest BCUT2D eigenvalue weighted by Crippen LogP contribution is 2.35. The zero-order chi connectivity index (χ0) is 14.1. The molecule has 2 aromatic heterocycles. The third-order valence-corrected chi connectivity index (χ3v) is 4.86. The van der Waals surface area contributed by atoms with Gasteiger partial charge < -0.3 is 10.2 Å². The molecule has 0 aromatic carbocycles. The third kappa shape index (κ3) is 2.80. The van der Waals surface area contributed by atoms with Gasteiger partial charge >= 0.3 is 0 Å². The van der Waals surface area contributed by atoms with Crippen molar-refractivity contribution in [3.8, 4) is 10.8 Å². The number of hydrogen-bond acceptors (Lipinski definition) is 5. The summed E-state index contributed by atoms with van der Waals surface area (Å²) >= 11 is 1.65. The number of thiophene rings is 1. The number of aromatic nitrogens is 1. The van der Waals surface area contributed by atoms with E-state index in [0.29, 0.717) is 6.04 Å². The first-order valence-electron chi connectivity index (χ1n) is 7.09. The molecule has 0 saturated heterocycles. The molecule has 1 fully saturated rings. The van der Waals surface area contributed by atoms with E-state index in [4.69, 9.17) is 10.2 Å². The monoisotopic (exact) mass is 291 g/mol. The third-order valence-electron chi connectivity index (χ3n) is 4.00. The zero-order valence-corrected chi connectivity index (χ0v) is 12.8. The van der Waals surface area contributed by atoms with E-state index < -0.39 is 0 Å². The van der Waals surface area contributed by atoms with Gasteiger partial charge in [0.1, 0.15) is 5.76 Å². The molecular formula is C15H21N3OS. The summed E-state index contributed by atoms with van der Waals surface area (Å²) in [4.78, 5) is 8.05. The minimum atomic E-state index is 0.469. The second-order valence-electron chi connectivity index (χ2n) is 5.55. The fourth-order valence-electron chi connectivity index (χ4n) is 2.65. The van der Waals surface area contributed by atoms with Crippen molar-refractivity contribution in [3.05, 3.63) is 29.0 Å². The van der Waals surface area contributed by atoms with Crippen molar-refractivity contribution in [1.82, 2.24) is 9.88 Å². The quantitative estimate of drug-likeness (QED) is 0.889. The van der Waals surface area contributed by atoms with Crippen LogP contribution in [0.1, 0.15) is 24.3 Å². The van der Waals surface area contributed by atoms with Crippen LogP contribution in [0.3, 0.4) is 0 Å². The summed E-state index contributed by atoms with van der Waals surface area (Å²) in [6.45, 7) is 3.51. The van der Waals surface area contributed by atoms with Crippen LogP contribution in [0.2, 0.25) is 0 Å². The van der Waals surface area contributed by atoms with E-state index in [1.807, 2.05) is 24.4 Å². The molecule has 1 unspecified atom stereocenters. The molecule has 4 nitrogen and oxygen atoms in total. The summed E-state index contributed by atoms with van der Waals surface area (Å²) in [6, 6.07) is 4.52. The molecule has 5 heteroatoms. The largest absolute Gasteiger partial charge is 0.440 e. The first kappa shape index (κ1) is 13.8. The van der Waals surface area contributed by atoms with Crippen LogP contribution < -0.4 is 5.73 Å². The van der Waals surface area contributed by atoms with Gasteiger partial charge in [0.25, 0.3) is 0 Å². The van der Waals surface area contributed by atoms with Crippen molar-refractivity contribution in [2.24, 2.45) is 11.7 Å². The van der Waals surface area contributed by atoms with E-state index >= 15 is 0 Å². The van der Waals surface area contributed by atoms with Gasteiger partial charge in [-0.05, 0) is 44.2 Å². The van der Waals surface area contributed by atoms with Crippen LogP contribution >= 0.6 is 11.3 Å². The maximum atomic E-state index is 5.90. The molecule has 2 aromatic rings. The Morgan fingerprint density at radius 1 is 1.55 bits per heavy atom. The van der Waals surface area contributed by atoms with Crippen LogP contribution in [0.25, 0.3) is 10.8 Å². The Morgan fingerprint density at radius 2 is 2.35 bits per heavy atom. The summed E-state index contributed by atoms with van der Waals surface area (Å²) in [5, 5.41) is 2.04. The Hall–Kier alpha value is -1.17. The molecule has 0 radical (unpaired) electrons. The molecule has 0 bridgehead atoms. The standard InChI is InChI=1S/C15H21N3OS/c1-10-12(9-18(2)13(8-16)11-5-6-11)17-15(19-10)14-4-3-7-20-14/h3-4,7,11,13H,5-6,8-9,16H2,1-2H3. The first-order valence-corrected chi connectivity index (χ1v) is 7.97. The second kappa shape index (κ2) is 5.68. The lowest BCUT2D eigenvalue weighted by Gasteiger charge is -2.26. The number of nitrogens with two attached hydrogens (primary N) is 1. The van der Waals surface area contributed by atoms with Crippen LogP contribution in [0.15, 0.2) is 21.9 Å². The highest BCUT2D eigenvalue weighted by atomic mass is 32.1. The number of nitrogens with zero attached hydrogens (tertiary/aromatic N) is 2. The molecule has 0 spiro atoms. The van der Waals surface area contributed by atoms with E-state index in [9.17, 15) is 0 Å². The molecular weight excluding hydrogens is 270 g/mol. The molecule has 2 heterocycles. The number of oxazole rings is 1. The average Bonchev–Trinajstić information content (AvgIpc) is 2.98. The van der Waals surface area contributed by atoms with Crippen molar-refractivity contribution in [2.75, 3.05) is 13.6 Å². The average molecular weight is 291 g/mol. The topological polar surface area (TPSA) is 55.3 Å². The predicted octanol–water partition coefficient (Wildman–Crippen LogP) is 2.88. The van der Waals surface area contributed by atoms with Crippen molar-refractivity contribution in [3.63, 3.8) is 0 Å². The lowest BCUT2D eigenvalue weighted by Crippen LogP contribution is -2.39. The summed E-state index contributed by atoms with van der Waals surface area (Å²) in [5.41, 5.74) is 6.93. The molecule has 1 aliphatic carbocycles. The van der Waals surface area contributed by atoms with E-state index in [2.05, 4.69) is 16.9 Å². The Balaban J connectivity index is 1.74. The zero-order valence-electron chi connectivity index (χ0n) is 12.0. The van der Waals surface area contributed by atoms with Gasteiger partial charge in [0.2, 0.25) is 5.89 Å². The Labute approximate surface area is 123 Å². The van der Waals surface area contributed by atoms with Crippen molar-refractivity contribution in [1.29, 1.82) is 0 Å². The minimum absolute atomic E-state index is 0.469. The van der Waals surface area contributed by atoms with Gasteiger partial charge in [0.15, 0.2) is 0 Å². The lowest BCUT2D eigenvalue weighted by atomic mass is 10.1. The number of hydrogen-bond donors (Lipinski definition) is 1. The lowest BCUT2D eigenvalue weighted by molar-refractivity contribution is 0.212. The summed E-state index contributed by atoms with van der Waals surface area (Å²) in [5.74, 6) is 2.41. The van der Waals surface area contributed by atoms with Gasteiger partial charge in [0, 0.05) is 19.1 Å². The minimum Gasteiger partial charge on any atom is -0.440 e. The maximum absolute atomic E-state index is 5.90. The summed E-state index contributed by atoms with van der Waals surface area (Å²) in [6.07, 6.45) is 2.62. The van der Waals surface area contributed by atoms with Crippen LogP contribution in [0.4, 0.5) is 0 Å². The molecule has 20 heavy (non-hydrogen) atoms. The normalized spacial score (nSPS) is 16.8. The molecule has 1 atom stereocenters.